The Morgan fingerprint density at radius 1 is 0.844 bits per heavy atom. The largest absolute Gasteiger partial charge is 0.479 e. The summed E-state index contributed by atoms with van der Waals surface area (Å²) in [6.45, 7) is 4.94. The fraction of sp³-hybridized carbons (Fsp3) is 0.296. The van der Waals surface area contributed by atoms with Crippen molar-refractivity contribution in [3.05, 3.63) is 101 Å². The third-order valence-corrected chi connectivity index (χ3v) is 6.29. The van der Waals surface area contributed by atoms with Gasteiger partial charge in [-0.2, -0.15) is 0 Å². The summed E-state index contributed by atoms with van der Waals surface area (Å²) in [7, 11) is 0. The van der Waals surface area contributed by atoms with Crippen molar-refractivity contribution in [1.82, 2.24) is 9.80 Å². The fourth-order valence-corrected chi connectivity index (χ4v) is 4.47. The maximum Gasteiger partial charge on any atom is 0.263 e. The number of piperazine rings is 1. The minimum absolute atomic E-state index is 0.0306. The lowest BCUT2D eigenvalue weighted by atomic mass is 9.96. The molecule has 0 spiro atoms. The van der Waals surface area contributed by atoms with E-state index in [9.17, 15) is 4.79 Å². The van der Waals surface area contributed by atoms with Crippen LogP contribution in [-0.4, -0.2) is 48.0 Å². The van der Waals surface area contributed by atoms with Crippen LogP contribution < -0.4 is 4.74 Å². The van der Waals surface area contributed by atoms with Crippen LogP contribution in [0, 0.1) is 0 Å². The van der Waals surface area contributed by atoms with E-state index >= 15 is 0 Å². The van der Waals surface area contributed by atoms with E-state index in [-0.39, 0.29) is 11.9 Å². The highest BCUT2D eigenvalue weighted by atomic mass is 35.5. The molecule has 0 aliphatic carbocycles. The number of carbonyl (C=O) groups excluding carboxylic acids is 1. The number of hydrogen-bond donors (Lipinski definition) is 0. The summed E-state index contributed by atoms with van der Waals surface area (Å²) < 4.78 is 5.99. The summed E-state index contributed by atoms with van der Waals surface area (Å²) in [6.07, 6.45) is 0.0708. The Bertz CT molecular complexity index is 965. The van der Waals surface area contributed by atoms with Gasteiger partial charge in [-0.25, -0.2) is 0 Å². The van der Waals surface area contributed by atoms with Gasteiger partial charge >= 0.3 is 0 Å². The van der Waals surface area contributed by atoms with Crippen LogP contribution in [0.3, 0.4) is 0 Å². The molecule has 0 aromatic heterocycles. The minimum atomic E-state index is -0.527. The van der Waals surface area contributed by atoms with Crippen LogP contribution in [0.5, 0.6) is 5.75 Å². The molecular formula is C27H29ClN2O2. The van der Waals surface area contributed by atoms with Crippen LogP contribution in [0.4, 0.5) is 0 Å². The molecule has 1 saturated heterocycles. The third kappa shape index (κ3) is 5.14. The molecule has 1 aliphatic heterocycles. The van der Waals surface area contributed by atoms with E-state index in [0.29, 0.717) is 30.3 Å². The molecule has 3 aromatic carbocycles. The van der Waals surface area contributed by atoms with E-state index in [1.54, 1.807) is 12.1 Å². The van der Waals surface area contributed by atoms with Crippen molar-refractivity contribution in [2.24, 2.45) is 0 Å². The molecule has 1 amide bonds. The first-order valence-corrected chi connectivity index (χ1v) is 11.6. The van der Waals surface area contributed by atoms with E-state index in [0.717, 1.165) is 13.1 Å². The maximum atomic E-state index is 13.2. The Kier molecular flexibility index (Phi) is 7.46. The summed E-state index contributed by atoms with van der Waals surface area (Å²) in [6, 6.07) is 28.6. The van der Waals surface area contributed by atoms with Gasteiger partial charge in [0.05, 0.1) is 11.1 Å². The number of amides is 1. The predicted octanol–water partition coefficient (Wildman–Crippen LogP) is 5.43. The van der Waals surface area contributed by atoms with Crippen molar-refractivity contribution in [1.29, 1.82) is 0 Å². The SMILES string of the molecule is CC[C@H](Oc1ccccc1Cl)C(=O)N1CCN(C(c2ccccc2)c2ccccc2)CC1. The zero-order valence-electron chi connectivity index (χ0n) is 18.4. The Hall–Kier alpha value is -2.82. The molecule has 166 valence electrons. The second kappa shape index (κ2) is 10.7. The average Bonchev–Trinajstić information content (AvgIpc) is 2.85. The Morgan fingerprint density at radius 2 is 1.38 bits per heavy atom. The molecular weight excluding hydrogens is 420 g/mol. The molecule has 32 heavy (non-hydrogen) atoms. The standard InChI is InChI=1S/C27H29ClN2O2/c1-2-24(32-25-16-10-9-15-23(25)28)27(31)30-19-17-29(18-20-30)26(21-11-5-3-6-12-21)22-13-7-4-8-14-22/h3-16,24,26H,2,17-20H2,1H3/t24-/m0/s1. The molecule has 1 fully saturated rings. The van der Waals surface area contributed by atoms with Crippen LogP contribution in [0.25, 0.3) is 0 Å². The van der Waals surface area contributed by atoms with Gasteiger partial charge in [-0.3, -0.25) is 9.69 Å². The van der Waals surface area contributed by atoms with Crippen molar-refractivity contribution in [3.8, 4) is 5.75 Å². The van der Waals surface area contributed by atoms with E-state index in [1.807, 2.05) is 36.1 Å². The van der Waals surface area contributed by atoms with Crippen molar-refractivity contribution < 1.29 is 9.53 Å². The number of para-hydroxylation sites is 1. The van der Waals surface area contributed by atoms with Crippen LogP contribution in [0.1, 0.15) is 30.5 Å². The van der Waals surface area contributed by atoms with Gasteiger partial charge in [0, 0.05) is 26.2 Å². The molecule has 4 rings (SSSR count). The van der Waals surface area contributed by atoms with Gasteiger partial charge in [0.1, 0.15) is 5.75 Å². The second-order valence-corrected chi connectivity index (χ2v) is 8.44. The van der Waals surface area contributed by atoms with Gasteiger partial charge in [0.25, 0.3) is 5.91 Å². The van der Waals surface area contributed by atoms with E-state index in [4.69, 9.17) is 16.3 Å². The van der Waals surface area contributed by atoms with Crippen LogP contribution in [0.2, 0.25) is 5.02 Å². The van der Waals surface area contributed by atoms with Crippen LogP contribution in [-0.2, 0) is 4.79 Å². The zero-order chi connectivity index (χ0) is 22.3. The van der Waals surface area contributed by atoms with Gasteiger partial charge in [-0.1, -0.05) is 91.3 Å². The third-order valence-electron chi connectivity index (χ3n) is 5.97. The molecule has 1 atom stereocenters. The summed E-state index contributed by atoms with van der Waals surface area (Å²) in [5.41, 5.74) is 2.54. The number of benzene rings is 3. The van der Waals surface area contributed by atoms with Crippen LogP contribution in [0.15, 0.2) is 84.9 Å². The Balaban J connectivity index is 1.45. The first kappa shape index (κ1) is 22.4. The topological polar surface area (TPSA) is 32.8 Å². The van der Waals surface area contributed by atoms with Gasteiger partial charge in [-0.15, -0.1) is 0 Å². The van der Waals surface area contributed by atoms with Gasteiger partial charge in [-0.05, 0) is 29.7 Å². The van der Waals surface area contributed by atoms with Crippen molar-refractivity contribution in [2.75, 3.05) is 26.2 Å². The predicted molar refractivity (Wildman–Crippen MR) is 129 cm³/mol. The summed E-state index contributed by atoms with van der Waals surface area (Å²) >= 11 is 6.23. The number of nitrogens with zero attached hydrogens (tertiary/aromatic N) is 2. The minimum Gasteiger partial charge on any atom is -0.479 e. The molecule has 0 N–H and O–H groups in total. The first-order valence-electron chi connectivity index (χ1n) is 11.2. The molecule has 3 aromatic rings. The van der Waals surface area contributed by atoms with Crippen molar-refractivity contribution in [3.63, 3.8) is 0 Å². The highest BCUT2D eigenvalue weighted by Gasteiger charge is 2.31. The van der Waals surface area contributed by atoms with E-state index in [1.165, 1.54) is 11.1 Å². The Morgan fingerprint density at radius 3 is 1.91 bits per heavy atom. The Labute approximate surface area is 195 Å². The quantitative estimate of drug-likeness (QED) is 0.483. The van der Waals surface area contributed by atoms with Crippen molar-refractivity contribution >= 4 is 17.5 Å². The summed E-state index contributed by atoms with van der Waals surface area (Å²) in [5.74, 6) is 0.587. The van der Waals surface area contributed by atoms with Gasteiger partial charge in [0.15, 0.2) is 6.10 Å². The molecule has 0 unspecified atom stereocenters. The highest BCUT2D eigenvalue weighted by Crippen LogP contribution is 2.30. The van der Waals surface area contributed by atoms with E-state index < -0.39 is 6.10 Å². The summed E-state index contributed by atoms with van der Waals surface area (Å²) in [4.78, 5) is 17.6. The number of halogens is 1. The normalized spacial score (nSPS) is 15.5. The smallest absolute Gasteiger partial charge is 0.263 e. The number of rotatable bonds is 7. The number of carbonyl (C=O) groups is 1. The van der Waals surface area contributed by atoms with Gasteiger partial charge < -0.3 is 9.64 Å². The van der Waals surface area contributed by atoms with E-state index in [2.05, 4.69) is 53.4 Å². The molecule has 5 heteroatoms. The van der Waals surface area contributed by atoms with Crippen molar-refractivity contribution in [2.45, 2.75) is 25.5 Å². The fourth-order valence-electron chi connectivity index (χ4n) is 4.29. The lowest BCUT2D eigenvalue weighted by Crippen LogP contribution is -2.53. The molecule has 0 bridgehead atoms. The number of ether oxygens (including phenoxy) is 1. The number of hydrogen-bond acceptors (Lipinski definition) is 3. The lowest BCUT2D eigenvalue weighted by molar-refractivity contribution is -0.140. The maximum absolute atomic E-state index is 13.2. The molecule has 1 aliphatic rings. The monoisotopic (exact) mass is 448 g/mol. The lowest BCUT2D eigenvalue weighted by Gasteiger charge is -2.40. The zero-order valence-corrected chi connectivity index (χ0v) is 19.1. The average molecular weight is 449 g/mol. The second-order valence-electron chi connectivity index (χ2n) is 8.03. The molecule has 1 heterocycles. The highest BCUT2D eigenvalue weighted by molar-refractivity contribution is 6.32. The molecule has 4 nitrogen and oxygen atoms in total. The summed E-state index contributed by atoms with van der Waals surface area (Å²) in [5, 5.41) is 0.525. The van der Waals surface area contributed by atoms with Crippen LogP contribution >= 0.6 is 11.6 Å². The first-order chi connectivity index (χ1) is 15.7. The molecule has 0 radical (unpaired) electrons. The molecule has 0 saturated carbocycles. The van der Waals surface area contributed by atoms with Gasteiger partial charge in [0.2, 0.25) is 0 Å².